The van der Waals surface area contributed by atoms with Crippen molar-refractivity contribution < 1.29 is 9.84 Å². The van der Waals surface area contributed by atoms with Crippen LogP contribution in [0.1, 0.15) is 36.5 Å². The van der Waals surface area contributed by atoms with Gasteiger partial charge in [-0.15, -0.1) is 0 Å². The van der Waals surface area contributed by atoms with Gasteiger partial charge in [0, 0.05) is 16.6 Å². The van der Waals surface area contributed by atoms with Gasteiger partial charge in [-0.1, -0.05) is 28.1 Å². The van der Waals surface area contributed by atoms with Gasteiger partial charge in [-0.05, 0) is 30.9 Å². The Morgan fingerprint density at radius 1 is 1.40 bits per heavy atom. The van der Waals surface area contributed by atoms with Crippen molar-refractivity contribution in [2.75, 3.05) is 6.61 Å². The highest BCUT2D eigenvalue weighted by molar-refractivity contribution is 9.10. The second kappa shape index (κ2) is 5.10. The number of benzene rings is 1. The average Bonchev–Trinajstić information content (AvgIpc) is 2.29. The summed E-state index contributed by atoms with van der Waals surface area (Å²) in [7, 11) is 0. The second-order valence-corrected chi connectivity index (χ2v) is 4.68. The minimum absolute atomic E-state index is 0.0780. The van der Waals surface area contributed by atoms with Crippen molar-refractivity contribution in [3.63, 3.8) is 0 Å². The summed E-state index contributed by atoms with van der Waals surface area (Å²) in [6.07, 6.45) is 3.55. The lowest BCUT2D eigenvalue weighted by atomic mass is 9.97. The van der Waals surface area contributed by atoms with Gasteiger partial charge < -0.3 is 9.84 Å². The van der Waals surface area contributed by atoms with Crippen molar-refractivity contribution in [1.29, 1.82) is 0 Å². The van der Waals surface area contributed by atoms with E-state index in [0.29, 0.717) is 0 Å². The minimum Gasteiger partial charge on any atom is -0.392 e. The number of rotatable bonds is 2. The Labute approximate surface area is 98.4 Å². The normalized spacial score (nSPS) is 21.6. The van der Waals surface area contributed by atoms with Gasteiger partial charge in [-0.2, -0.15) is 0 Å². The van der Waals surface area contributed by atoms with E-state index in [-0.39, 0.29) is 12.7 Å². The summed E-state index contributed by atoms with van der Waals surface area (Å²) < 4.78 is 6.79. The molecule has 1 unspecified atom stereocenters. The molecule has 0 aromatic heterocycles. The molecule has 2 nitrogen and oxygen atoms in total. The first-order valence-corrected chi connectivity index (χ1v) is 6.12. The molecule has 1 aliphatic rings. The third-order valence-electron chi connectivity index (χ3n) is 2.82. The SMILES string of the molecule is OCc1cccc(Br)c1C1CCCCO1. The van der Waals surface area contributed by atoms with Gasteiger partial charge in [0.1, 0.15) is 0 Å². The molecule has 0 radical (unpaired) electrons. The van der Waals surface area contributed by atoms with Crippen molar-refractivity contribution in [1.82, 2.24) is 0 Å². The van der Waals surface area contributed by atoms with E-state index in [2.05, 4.69) is 15.9 Å². The van der Waals surface area contributed by atoms with Crippen molar-refractivity contribution in [2.45, 2.75) is 32.0 Å². The molecule has 82 valence electrons. The van der Waals surface area contributed by atoms with E-state index in [1.165, 1.54) is 6.42 Å². The first-order valence-electron chi connectivity index (χ1n) is 5.32. The molecule has 0 saturated carbocycles. The molecule has 1 heterocycles. The standard InChI is InChI=1S/C12H15BrO2/c13-10-5-3-4-9(8-14)12(10)11-6-1-2-7-15-11/h3-5,11,14H,1-2,6-8H2. The summed E-state index contributed by atoms with van der Waals surface area (Å²) in [5.74, 6) is 0. The quantitative estimate of drug-likeness (QED) is 0.895. The van der Waals surface area contributed by atoms with E-state index in [4.69, 9.17) is 4.74 Å². The molecule has 1 aromatic rings. The summed E-state index contributed by atoms with van der Waals surface area (Å²) in [6, 6.07) is 5.91. The predicted molar refractivity (Wildman–Crippen MR) is 62.6 cm³/mol. The fourth-order valence-electron chi connectivity index (χ4n) is 2.05. The van der Waals surface area contributed by atoms with Crippen molar-refractivity contribution >= 4 is 15.9 Å². The van der Waals surface area contributed by atoms with Crippen molar-refractivity contribution in [3.8, 4) is 0 Å². The minimum atomic E-state index is 0.0780. The molecule has 2 rings (SSSR count). The lowest BCUT2D eigenvalue weighted by Crippen LogP contribution is -2.14. The number of aliphatic hydroxyl groups is 1. The molecular formula is C12H15BrO2. The van der Waals surface area contributed by atoms with Gasteiger partial charge in [0.15, 0.2) is 0 Å². The Kier molecular flexibility index (Phi) is 3.78. The van der Waals surface area contributed by atoms with Crippen LogP contribution >= 0.6 is 15.9 Å². The maximum atomic E-state index is 9.30. The van der Waals surface area contributed by atoms with E-state index < -0.39 is 0 Å². The Morgan fingerprint density at radius 2 is 2.27 bits per heavy atom. The van der Waals surface area contributed by atoms with Crippen LogP contribution in [0, 0.1) is 0 Å². The third-order valence-corrected chi connectivity index (χ3v) is 3.51. The molecule has 0 amide bonds. The molecule has 1 aliphatic heterocycles. The van der Waals surface area contributed by atoms with Crippen LogP contribution in [0.4, 0.5) is 0 Å². The Bertz CT molecular complexity index is 332. The van der Waals surface area contributed by atoms with Gasteiger partial charge in [0.25, 0.3) is 0 Å². The maximum Gasteiger partial charge on any atom is 0.0839 e. The smallest absolute Gasteiger partial charge is 0.0839 e. The van der Waals surface area contributed by atoms with Gasteiger partial charge >= 0.3 is 0 Å². The zero-order valence-electron chi connectivity index (χ0n) is 8.58. The maximum absolute atomic E-state index is 9.30. The number of hydrogen-bond donors (Lipinski definition) is 1. The Balaban J connectivity index is 2.31. The van der Waals surface area contributed by atoms with Crippen LogP contribution in [0.5, 0.6) is 0 Å². The lowest BCUT2D eigenvalue weighted by Gasteiger charge is -2.25. The largest absolute Gasteiger partial charge is 0.392 e. The van der Waals surface area contributed by atoms with Crippen LogP contribution in [-0.2, 0) is 11.3 Å². The highest BCUT2D eigenvalue weighted by Gasteiger charge is 2.20. The first-order chi connectivity index (χ1) is 7.33. The zero-order chi connectivity index (χ0) is 10.7. The molecule has 1 aromatic carbocycles. The molecule has 0 spiro atoms. The molecule has 1 saturated heterocycles. The van der Waals surface area contributed by atoms with Gasteiger partial charge in [-0.25, -0.2) is 0 Å². The molecule has 1 atom stereocenters. The molecule has 3 heteroatoms. The van der Waals surface area contributed by atoms with E-state index in [1.54, 1.807) is 0 Å². The van der Waals surface area contributed by atoms with E-state index in [1.807, 2.05) is 18.2 Å². The van der Waals surface area contributed by atoms with E-state index in [9.17, 15) is 5.11 Å². The van der Waals surface area contributed by atoms with Crippen LogP contribution in [-0.4, -0.2) is 11.7 Å². The van der Waals surface area contributed by atoms with Crippen LogP contribution in [0.25, 0.3) is 0 Å². The van der Waals surface area contributed by atoms with E-state index >= 15 is 0 Å². The molecule has 1 N–H and O–H groups in total. The van der Waals surface area contributed by atoms with Crippen LogP contribution in [0.3, 0.4) is 0 Å². The van der Waals surface area contributed by atoms with Crippen LogP contribution < -0.4 is 0 Å². The Hall–Kier alpha value is -0.380. The summed E-state index contributed by atoms with van der Waals surface area (Å²) in [6.45, 7) is 0.908. The topological polar surface area (TPSA) is 29.5 Å². The van der Waals surface area contributed by atoms with Crippen molar-refractivity contribution in [2.24, 2.45) is 0 Å². The summed E-state index contributed by atoms with van der Waals surface area (Å²) in [5.41, 5.74) is 2.09. The average molecular weight is 271 g/mol. The van der Waals surface area contributed by atoms with Gasteiger partial charge in [0.05, 0.1) is 12.7 Å². The monoisotopic (exact) mass is 270 g/mol. The summed E-state index contributed by atoms with van der Waals surface area (Å²) in [4.78, 5) is 0. The third kappa shape index (κ3) is 2.41. The molecule has 15 heavy (non-hydrogen) atoms. The molecule has 0 aliphatic carbocycles. The number of aliphatic hydroxyl groups excluding tert-OH is 1. The Morgan fingerprint density at radius 3 is 2.93 bits per heavy atom. The summed E-state index contributed by atoms with van der Waals surface area (Å²) in [5, 5.41) is 9.30. The first kappa shape index (κ1) is 11.1. The molecular weight excluding hydrogens is 256 g/mol. The fourth-order valence-corrected chi connectivity index (χ4v) is 2.71. The lowest BCUT2D eigenvalue weighted by molar-refractivity contribution is 0.0133. The highest BCUT2D eigenvalue weighted by Crippen LogP contribution is 2.35. The predicted octanol–water partition coefficient (Wildman–Crippen LogP) is 3.18. The fraction of sp³-hybridized carbons (Fsp3) is 0.500. The van der Waals surface area contributed by atoms with Crippen molar-refractivity contribution in [3.05, 3.63) is 33.8 Å². The summed E-state index contributed by atoms with van der Waals surface area (Å²) >= 11 is 3.53. The number of ether oxygens (including phenoxy) is 1. The van der Waals surface area contributed by atoms with Gasteiger partial charge in [-0.3, -0.25) is 0 Å². The van der Waals surface area contributed by atoms with Gasteiger partial charge in [0.2, 0.25) is 0 Å². The van der Waals surface area contributed by atoms with Crippen LogP contribution in [0.15, 0.2) is 22.7 Å². The van der Waals surface area contributed by atoms with Crippen LogP contribution in [0.2, 0.25) is 0 Å². The molecule has 0 bridgehead atoms. The number of hydrogen-bond acceptors (Lipinski definition) is 2. The second-order valence-electron chi connectivity index (χ2n) is 3.83. The van der Waals surface area contributed by atoms with E-state index in [0.717, 1.165) is 35.0 Å². The molecule has 1 fully saturated rings. The number of halogens is 1. The zero-order valence-corrected chi connectivity index (χ0v) is 10.2. The highest BCUT2D eigenvalue weighted by atomic mass is 79.9.